The molecule has 0 atom stereocenters. The van der Waals surface area contributed by atoms with E-state index >= 15 is 0 Å². The van der Waals surface area contributed by atoms with E-state index in [0.29, 0.717) is 0 Å². The number of methoxy groups -OCH3 is 1. The first kappa shape index (κ1) is 15.1. The molecule has 122 valence electrons. The zero-order chi connectivity index (χ0) is 17.4. The van der Waals surface area contributed by atoms with Crippen LogP contribution in [0.5, 0.6) is 5.75 Å². The quantitative estimate of drug-likeness (QED) is 0.385. The normalized spacial score (nSPS) is 13.4. The van der Waals surface area contributed by atoms with Gasteiger partial charge < -0.3 is 4.74 Å². The summed E-state index contributed by atoms with van der Waals surface area (Å²) in [7, 11) is 1.64. The second-order valence-corrected chi connectivity index (χ2v) is 5.83. The molecule has 0 unspecified atom stereocenters. The van der Waals surface area contributed by atoms with E-state index in [1.54, 1.807) is 19.2 Å². The number of benzene rings is 3. The molecule has 0 spiro atoms. The van der Waals surface area contributed by atoms with E-state index in [4.69, 9.17) is 4.74 Å². The Hall–Kier alpha value is -3.40. The Labute approximate surface area is 145 Å². The molecule has 1 aliphatic rings. The first-order chi connectivity index (χ1) is 12.2. The SMILES string of the molecule is COc1ccccc1/C=C1\c2ccccc2-c2ccc([N+](=O)[O-])cc21. The third-order valence-electron chi connectivity index (χ3n) is 4.45. The van der Waals surface area contributed by atoms with Crippen molar-refractivity contribution in [2.24, 2.45) is 0 Å². The lowest BCUT2D eigenvalue weighted by atomic mass is 10.0. The van der Waals surface area contributed by atoms with Gasteiger partial charge in [0.2, 0.25) is 0 Å². The first-order valence-electron chi connectivity index (χ1n) is 7.92. The summed E-state index contributed by atoms with van der Waals surface area (Å²) in [5, 5.41) is 11.2. The molecule has 4 nitrogen and oxygen atoms in total. The fraction of sp³-hybridized carbons (Fsp3) is 0.0476. The average Bonchev–Trinajstić information content (AvgIpc) is 2.96. The van der Waals surface area contributed by atoms with Crippen LogP contribution >= 0.6 is 0 Å². The number of non-ortho nitro benzene ring substituents is 1. The van der Waals surface area contributed by atoms with Crippen molar-refractivity contribution in [1.29, 1.82) is 0 Å². The van der Waals surface area contributed by atoms with Gasteiger partial charge in [0.1, 0.15) is 5.75 Å². The largest absolute Gasteiger partial charge is 0.496 e. The number of nitrogens with zero attached hydrogens (tertiary/aromatic N) is 1. The maximum atomic E-state index is 11.2. The molecule has 0 fully saturated rings. The minimum Gasteiger partial charge on any atom is -0.496 e. The number of hydrogen-bond donors (Lipinski definition) is 0. The lowest BCUT2D eigenvalue weighted by molar-refractivity contribution is -0.384. The van der Waals surface area contributed by atoms with Gasteiger partial charge in [0.25, 0.3) is 5.69 Å². The van der Waals surface area contributed by atoms with Gasteiger partial charge in [0, 0.05) is 17.7 Å². The highest BCUT2D eigenvalue weighted by atomic mass is 16.6. The number of ether oxygens (including phenoxy) is 1. The number of para-hydroxylation sites is 1. The van der Waals surface area contributed by atoms with Gasteiger partial charge in [-0.25, -0.2) is 0 Å². The van der Waals surface area contributed by atoms with Gasteiger partial charge in [-0.3, -0.25) is 10.1 Å². The summed E-state index contributed by atoms with van der Waals surface area (Å²) in [5.41, 5.74) is 6.06. The van der Waals surface area contributed by atoms with Crippen molar-refractivity contribution in [3.63, 3.8) is 0 Å². The number of rotatable bonds is 3. The minimum absolute atomic E-state index is 0.0949. The third kappa shape index (κ3) is 2.48. The molecule has 25 heavy (non-hydrogen) atoms. The molecule has 0 saturated heterocycles. The zero-order valence-electron chi connectivity index (χ0n) is 13.6. The highest BCUT2D eigenvalue weighted by Crippen LogP contribution is 2.46. The highest BCUT2D eigenvalue weighted by Gasteiger charge is 2.25. The van der Waals surface area contributed by atoms with Crippen LogP contribution in [-0.2, 0) is 0 Å². The summed E-state index contributed by atoms with van der Waals surface area (Å²) in [5.74, 6) is 0.770. The summed E-state index contributed by atoms with van der Waals surface area (Å²) in [4.78, 5) is 10.8. The number of nitro benzene ring substituents is 1. The Balaban J connectivity index is 1.98. The van der Waals surface area contributed by atoms with Crippen LogP contribution in [0.3, 0.4) is 0 Å². The van der Waals surface area contributed by atoms with Crippen molar-refractivity contribution < 1.29 is 9.66 Å². The maximum absolute atomic E-state index is 11.2. The van der Waals surface area contributed by atoms with Crippen LogP contribution in [0.1, 0.15) is 16.7 Å². The fourth-order valence-corrected chi connectivity index (χ4v) is 3.30. The standard InChI is InChI=1S/C21H15NO3/c1-25-21-9-5-2-6-14(21)12-19-17-8-4-3-7-16(17)18-11-10-15(22(23)24)13-20(18)19/h2-13H,1H3/b19-12+. The van der Waals surface area contributed by atoms with E-state index in [-0.39, 0.29) is 10.6 Å². The van der Waals surface area contributed by atoms with Crippen molar-refractivity contribution in [3.05, 3.63) is 93.5 Å². The molecule has 0 N–H and O–H groups in total. The lowest BCUT2D eigenvalue weighted by Gasteiger charge is -2.07. The summed E-state index contributed by atoms with van der Waals surface area (Å²) in [6.07, 6.45) is 2.03. The van der Waals surface area contributed by atoms with Gasteiger partial charge in [-0.15, -0.1) is 0 Å². The molecule has 0 amide bonds. The number of fused-ring (bicyclic) bond motifs is 3. The summed E-state index contributed by atoms with van der Waals surface area (Å²) in [6.45, 7) is 0. The molecular formula is C21H15NO3. The van der Waals surface area contributed by atoms with E-state index in [0.717, 1.165) is 39.1 Å². The molecule has 4 heteroatoms. The van der Waals surface area contributed by atoms with E-state index in [9.17, 15) is 10.1 Å². The Morgan fingerprint density at radius 3 is 2.32 bits per heavy atom. The number of hydrogen-bond acceptors (Lipinski definition) is 3. The van der Waals surface area contributed by atoms with E-state index in [2.05, 4.69) is 0 Å². The first-order valence-corrected chi connectivity index (χ1v) is 7.92. The van der Waals surface area contributed by atoms with E-state index in [1.807, 2.05) is 60.7 Å². The second kappa shape index (κ2) is 5.91. The predicted molar refractivity (Wildman–Crippen MR) is 98.5 cm³/mol. The third-order valence-corrected chi connectivity index (χ3v) is 4.45. The van der Waals surface area contributed by atoms with E-state index in [1.165, 1.54) is 0 Å². The van der Waals surface area contributed by atoms with Crippen LogP contribution in [0, 0.1) is 10.1 Å². The summed E-state index contributed by atoms with van der Waals surface area (Å²) >= 11 is 0. The lowest BCUT2D eigenvalue weighted by Crippen LogP contribution is -1.90. The van der Waals surface area contributed by atoms with Crippen molar-refractivity contribution in [2.45, 2.75) is 0 Å². The summed E-state index contributed by atoms with van der Waals surface area (Å²) < 4.78 is 5.44. The van der Waals surface area contributed by atoms with Crippen molar-refractivity contribution >= 4 is 17.3 Å². The second-order valence-electron chi connectivity index (χ2n) is 5.83. The molecular weight excluding hydrogens is 314 g/mol. The average molecular weight is 329 g/mol. The smallest absolute Gasteiger partial charge is 0.270 e. The monoisotopic (exact) mass is 329 g/mol. The molecule has 4 rings (SSSR count). The predicted octanol–water partition coefficient (Wildman–Crippen LogP) is 5.17. The molecule has 1 aliphatic carbocycles. The van der Waals surface area contributed by atoms with Crippen LogP contribution < -0.4 is 4.74 Å². The molecule has 0 saturated carbocycles. The Morgan fingerprint density at radius 2 is 1.56 bits per heavy atom. The molecule has 0 aromatic heterocycles. The molecule has 0 bridgehead atoms. The van der Waals surface area contributed by atoms with Gasteiger partial charge >= 0.3 is 0 Å². The van der Waals surface area contributed by atoms with E-state index < -0.39 is 0 Å². The Kier molecular flexibility index (Phi) is 3.58. The molecule has 0 aliphatic heterocycles. The number of nitro groups is 1. The maximum Gasteiger partial charge on any atom is 0.270 e. The zero-order valence-corrected chi connectivity index (χ0v) is 13.6. The molecule has 0 radical (unpaired) electrons. The molecule has 3 aromatic carbocycles. The van der Waals surface area contributed by atoms with Crippen LogP contribution in [-0.4, -0.2) is 12.0 Å². The summed E-state index contributed by atoms with van der Waals surface area (Å²) in [6, 6.07) is 20.8. The molecule has 3 aromatic rings. The van der Waals surface area contributed by atoms with Crippen molar-refractivity contribution in [1.82, 2.24) is 0 Å². The van der Waals surface area contributed by atoms with Crippen molar-refractivity contribution in [3.8, 4) is 16.9 Å². The van der Waals surface area contributed by atoms with Gasteiger partial charge in [0.15, 0.2) is 0 Å². The van der Waals surface area contributed by atoms with Gasteiger partial charge in [0.05, 0.1) is 12.0 Å². The topological polar surface area (TPSA) is 52.4 Å². The van der Waals surface area contributed by atoms with Gasteiger partial charge in [-0.05, 0) is 46.0 Å². The molecule has 0 heterocycles. The Bertz CT molecular complexity index is 1020. The fourth-order valence-electron chi connectivity index (χ4n) is 3.30. The van der Waals surface area contributed by atoms with Crippen molar-refractivity contribution in [2.75, 3.05) is 7.11 Å². The van der Waals surface area contributed by atoms with Gasteiger partial charge in [-0.2, -0.15) is 0 Å². The van der Waals surface area contributed by atoms with Crippen LogP contribution in [0.4, 0.5) is 5.69 Å². The van der Waals surface area contributed by atoms with Crippen LogP contribution in [0.25, 0.3) is 22.8 Å². The van der Waals surface area contributed by atoms with Crippen LogP contribution in [0.2, 0.25) is 0 Å². The minimum atomic E-state index is -0.357. The Morgan fingerprint density at radius 1 is 0.880 bits per heavy atom. The van der Waals surface area contributed by atoms with Crippen LogP contribution in [0.15, 0.2) is 66.7 Å². The highest BCUT2D eigenvalue weighted by molar-refractivity contribution is 6.07. The van der Waals surface area contributed by atoms with Gasteiger partial charge in [-0.1, -0.05) is 42.5 Å².